The number of hydrogen-bond acceptors (Lipinski definition) is 5. The molecule has 0 saturated carbocycles. The smallest absolute Gasteiger partial charge is 0.280 e. The molecular weight excluding hydrogens is 422 g/mol. The summed E-state index contributed by atoms with van der Waals surface area (Å²) in [6.45, 7) is 4.41. The summed E-state index contributed by atoms with van der Waals surface area (Å²) in [6, 6.07) is 17.4. The predicted octanol–water partition coefficient (Wildman–Crippen LogP) is 5.16. The first-order chi connectivity index (χ1) is 16.6. The van der Waals surface area contributed by atoms with Crippen LogP contribution in [-0.2, 0) is 25.7 Å². The average molecular weight is 456 g/mol. The second-order valence-electron chi connectivity index (χ2n) is 8.93. The van der Waals surface area contributed by atoms with Gasteiger partial charge in [-0.1, -0.05) is 75.2 Å². The second kappa shape index (κ2) is 11.1. The molecule has 2 aromatic carbocycles. The summed E-state index contributed by atoms with van der Waals surface area (Å²) in [6.07, 6.45) is 8.16. The third-order valence-electron chi connectivity index (χ3n) is 6.14. The molecule has 6 heteroatoms. The van der Waals surface area contributed by atoms with E-state index in [0.717, 1.165) is 35.4 Å². The molecule has 0 unspecified atom stereocenters. The lowest BCUT2D eigenvalue weighted by atomic mass is 10.00. The Bertz CT molecular complexity index is 1290. The van der Waals surface area contributed by atoms with Crippen LogP contribution in [0.2, 0.25) is 0 Å². The zero-order chi connectivity index (χ0) is 23.9. The van der Waals surface area contributed by atoms with Gasteiger partial charge in [-0.25, -0.2) is 9.97 Å². The SMILES string of the molecule is CCCCc1ccc(Cc2nc3nc(N)[nH]c(=O)c3nc2Cc2ccc(CCCC)cc2)cc1. The molecule has 0 atom stereocenters. The van der Waals surface area contributed by atoms with Gasteiger partial charge in [-0.3, -0.25) is 9.78 Å². The molecule has 0 radical (unpaired) electrons. The van der Waals surface area contributed by atoms with Crippen molar-refractivity contribution in [2.75, 3.05) is 5.73 Å². The van der Waals surface area contributed by atoms with E-state index in [4.69, 9.17) is 15.7 Å². The summed E-state index contributed by atoms with van der Waals surface area (Å²) < 4.78 is 0. The normalized spacial score (nSPS) is 11.2. The minimum absolute atomic E-state index is 0.0495. The number of aromatic nitrogens is 4. The fourth-order valence-corrected chi connectivity index (χ4v) is 4.12. The van der Waals surface area contributed by atoms with Gasteiger partial charge in [-0.15, -0.1) is 0 Å². The van der Waals surface area contributed by atoms with E-state index in [1.807, 2.05) is 0 Å². The number of H-pyrrole nitrogens is 1. The molecule has 4 rings (SSSR count). The van der Waals surface area contributed by atoms with Crippen LogP contribution in [0, 0.1) is 0 Å². The quantitative estimate of drug-likeness (QED) is 0.344. The topological polar surface area (TPSA) is 97.5 Å². The maximum atomic E-state index is 12.5. The Kier molecular flexibility index (Phi) is 7.68. The minimum Gasteiger partial charge on any atom is -0.369 e. The Hall–Kier alpha value is -3.54. The molecule has 176 valence electrons. The van der Waals surface area contributed by atoms with Gasteiger partial charge in [0.2, 0.25) is 5.95 Å². The molecule has 0 bridgehead atoms. The number of rotatable bonds is 10. The highest BCUT2D eigenvalue weighted by Gasteiger charge is 2.14. The van der Waals surface area contributed by atoms with Crippen LogP contribution in [-0.4, -0.2) is 19.9 Å². The van der Waals surface area contributed by atoms with Gasteiger partial charge in [0.1, 0.15) is 0 Å². The summed E-state index contributed by atoms with van der Waals surface area (Å²) in [5, 5.41) is 0. The number of nitrogens with zero attached hydrogens (tertiary/aromatic N) is 3. The Morgan fingerprint density at radius 1 is 0.706 bits per heavy atom. The van der Waals surface area contributed by atoms with E-state index in [2.05, 4.69) is 72.3 Å². The van der Waals surface area contributed by atoms with Crippen molar-refractivity contribution in [2.45, 2.75) is 65.2 Å². The monoisotopic (exact) mass is 455 g/mol. The van der Waals surface area contributed by atoms with Crippen LogP contribution in [0.15, 0.2) is 53.3 Å². The van der Waals surface area contributed by atoms with Crippen molar-refractivity contribution >= 4 is 17.1 Å². The van der Waals surface area contributed by atoms with E-state index in [0.29, 0.717) is 12.8 Å². The number of nitrogens with two attached hydrogens (primary N) is 1. The van der Waals surface area contributed by atoms with Crippen LogP contribution in [0.1, 0.15) is 73.2 Å². The van der Waals surface area contributed by atoms with Crippen molar-refractivity contribution < 1.29 is 0 Å². The summed E-state index contributed by atoms with van der Waals surface area (Å²) in [7, 11) is 0. The van der Waals surface area contributed by atoms with Crippen LogP contribution in [0.5, 0.6) is 0 Å². The van der Waals surface area contributed by atoms with Gasteiger partial charge in [0.25, 0.3) is 5.56 Å². The fourth-order valence-electron chi connectivity index (χ4n) is 4.12. The molecule has 34 heavy (non-hydrogen) atoms. The summed E-state index contributed by atoms with van der Waals surface area (Å²) >= 11 is 0. The van der Waals surface area contributed by atoms with Crippen LogP contribution < -0.4 is 11.3 Å². The van der Waals surface area contributed by atoms with Crippen LogP contribution in [0.3, 0.4) is 0 Å². The van der Waals surface area contributed by atoms with E-state index in [-0.39, 0.29) is 22.7 Å². The largest absolute Gasteiger partial charge is 0.369 e. The summed E-state index contributed by atoms with van der Waals surface area (Å²) in [4.78, 5) is 28.7. The molecule has 0 aliphatic heterocycles. The molecule has 0 spiro atoms. The van der Waals surface area contributed by atoms with Crippen molar-refractivity contribution in [3.05, 3.63) is 92.5 Å². The molecule has 0 amide bonds. The number of fused-ring (bicyclic) bond motifs is 1. The lowest BCUT2D eigenvalue weighted by Crippen LogP contribution is -2.16. The third kappa shape index (κ3) is 5.87. The molecule has 2 heterocycles. The first-order valence-electron chi connectivity index (χ1n) is 12.3. The van der Waals surface area contributed by atoms with Crippen molar-refractivity contribution in [3.63, 3.8) is 0 Å². The Balaban J connectivity index is 1.66. The number of aromatic amines is 1. The Morgan fingerprint density at radius 2 is 1.18 bits per heavy atom. The van der Waals surface area contributed by atoms with Gasteiger partial charge in [0, 0.05) is 12.8 Å². The third-order valence-corrected chi connectivity index (χ3v) is 6.14. The van der Waals surface area contributed by atoms with Crippen LogP contribution >= 0.6 is 0 Å². The molecule has 4 aromatic rings. The summed E-state index contributed by atoms with van der Waals surface area (Å²) in [5.74, 6) is 0.0495. The second-order valence-corrected chi connectivity index (χ2v) is 8.93. The summed E-state index contributed by atoms with van der Waals surface area (Å²) in [5.41, 5.74) is 12.5. The number of unbranched alkanes of at least 4 members (excludes halogenated alkanes) is 2. The molecule has 3 N–H and O–H groups in total. The molecule has 2 aromatic heterocycles. The maximum absolute atomic E-state index is 12.5. The Labute approximate surface area is 200 Å². The van der Waals surface area contributed by atoms with Gasteiger partial charge < -0.3 is 5.73 Å². The highest BCUT2D eigenvalue weighted by Crippen LogP contribution is 2.19. The molecule has 0 aliphatic rings. The number of nitrogens with one attached hydrogen (secondary N) is 1. The fraction of sp³-hybridized carbons (Fsp3) is 0.357. The van der Waals surface area contributed by atoms with E-state index in [1.54, 1.807) is 0 Å². The van der Waals surface area contributed by atoms with Crippen LogP contribution in [0.4, 0.5) is 5.95 Å². The van der Waals surface area contributed by atoms with Crippen molar-refractivity contribution in [3.8, 4) is 0 Å². The molecule has 0 saturated heterocycles. The lowest BCUT2D eigenvalue weighted by molar-refractivity contribution is 0.794. The van der Waals surface area contributed by atoms with Gasteiger partial charge in [-0.05, 0) is 47.9 Å². The highest BCUT2D eigenvalue weighted by atomic mass is 16.1. The molecular formula is C28H33N5O. The molecule has 6 nitrogen and oxygen atoms in total. The minimum atomic E-state index is -0.363. The van der Waals surface area contributed by atoms with E-state index in [1.165, 1.54) is 36.8 Å². The number of nitrogen functional groups attached to an aromatic ring is 1. The van der Waals surface area contributed by atoms with Gasteiger partial charge >= 0.3 is 0 Å². The molecule has 0 fully saturated rings. The lowest BCUT2D eigenvalue weighted by Gasteiger charge is -2.11. The number of aryl methyl sites for hydroxylation is 2. The van der Waals surface area contributed by atoms with Gasteiger partial charge in [-0.2, -0.15) is 4.98 Å². The predicted molar refractivity (Wildman–Crippen MR) is 138 cm³/mol. The first-order valence-corrected chi connectivity index (χ1v) is 12.3. The van der Waals surface area contributed by atoms with Crippen LogP contribution in [0.25, 0.3) is 11.2 Å². The zero-order valence-electron chi connectivity index (χ0n) is 20.1. The van der Waals surface area contributed by atoms with E-state index in [9.17, 15) is 4.79 Å². The highest BCUT2D eigenvalue weighted by molar-refractivity contribution is 5.70. The Morgan fingerprint density at radius 3 is 1.68 bits per heavy atom. The maximum Gasteiger partial charge on any atom is 0.280 e. The van der Waals surface area contributed by atoms with Crippen molar-refractivity contribution in [2.24, 2.45) is 0 Å². The van der Waals surface area contributed by atoms with Gasteiger partial charge in [0.15, 0.2) is 11.2 Å². The van der Waals surface area contributed by atoms with E-state index < -0.39 is 0 Å². The number of benzene rings is 2. The van der Waals surface area contributed by atoms with Gasteiger partial charge in [0.05, 0.1) is 11.4 Å². The van der Waals surface area contributed by atoms with Crippen molar-refractivity contribution in [1.82, 2.24) is 19.9 Å². The van der Waals surface area contributed by atoms with E-state index >= 15 is 0 Å². The first kappa shape index (κ1) is 23.6. The zero-order valence-corrected chi connectivity index (χ0v) is 20.1. The average Bonchev–Trinajstić information content (AvgIpc) is 2.84. The van der Waals surface area contributed by atoms with Crippen molar-refractivity contribution in [1.29, 1.82) is 0 Å². The number of hydrogen-bond donors (Lipinski definition) is 2. The standard InChI is InChI=1S/C28H33N5O/c1-3-5-7-19-9-13-21(14-10-19)17-23-24(18-22-15-11-20(12-16-22)8-6-4-2)31-26-25(30-23)27(34)33-28(29)32-26/h9-16H,3-8,17-18H2,1-2H3,(H3,29,31,32,33,34). The number of anilines is 1. The molecule has 0 aliphatic carbocycles.